The fraction of sp³-hybridized carbons (Fsp3) is 0.105. The van der Waals surface area contributed by atoms with E-state index < -0.39 is 0 Å². The topological polar surface area (TPSA) is 21.1 Å². The second-order valence-electron chi connectivity index (χ2n) is 5.34. The Kier molecular flexibility index (Phi) is 4.05. The predicted octanol–water partition coefficient (Wildman–Crippen LogP) is 4.11. The summed E-state index contributed by atoms with van der Waals surface area (Å²) in [7, 11) is 4.09. The summed E-state index contributed by atoms with van der Waals surface area (Å²) in [6.45, 7) is 0. The fourth-order valence-corrected chi connectivity index (χ4v) is 2.22. The molecule has 2 aromatic carbocycles. The zero-order valence-electron chi connectivity index (χ0n) is 12.8. The van der Waals surface area contributed by atoms with Crippen molar-refractivity contribution in [2.45, 2.75) is 0 Å². The summed E-state index contributed by atoms with van der Waals surface area (Å²) in [6.07, 6.45) is 6.09. The average Bonchev–Trinajstić information content (AvgIpc) is 3.03. The normalized spacial score (nSPS) is 11.0. The number of aromatic nitrogens is 2. The van der Waals surface area contributed by atoms with Crippen LogP contribution in [0, 0.1) is 0 Å². The third-order valence-electron chi connectivity index (χ3n) is 3.49. The van der Waals surface area contributed by atoms with Gasteiger partial charge in [-0.15, -0.1) is 0 Å². The minimum atomic E-state index is 0.945. The van der Waals surface area contributed by atoms with Crippen molar-refractivity contribution in [2.75, 3.05) is 19.0 Å². The van der Waals surface area contributed by atoms with E-state index in [0.29, 0.717) is 0 Å². The Hall–Kier alpha value is -2.81. The van der Waals surface area contributed by atoms with Gasteiger partial charge in [-0.3, -0.25) is 0 Å². The molecule has 1 heterocycles. The van der Waals surface area contributed by atoms with Crippen LogP contribution in [0.3, 0.4) is 0 Å². The molecule has 0 aliphatic carbocycles. The van der Waals surface area contributed by atoms with Gasteiger partial charge in [0.05, 0.1) is 11.4 Å². The highest BCUT2D eigenvalue weighted by molar-refractivity contribution is 5.69. The van der Waals surface area contributed by atoms with Gasteiger partial charge in [0.1, 0.15) is 0 Å². The summed E-state index contributed by atoms with van der Waals surface area (Å²) >= 11 is 0. The Morgan fingerprint density at radius 1 is 0.864 bits per heavy atom. The molecule has 0 saturated carbocycles. The van der Waals surface area contributed by atoms with E-state index in [9.17, 15) is 0 Å². The molecule has 3 heteroatoms. The van der Waals surface area contributed by atoms with Gasteiger partial charge in [0.2, 0.25) is 0 Å². The van der Waals surface area contributed by atoms with Crippen molar-refractivity contribution < 1.29 is 0 Å². The summed E-state index contributed by atoms with van der Waals surface area (Å²) in [5.41, 5.74) is 4.38. The monoisotopic (exact) mass is 289 g/mol. The third kappa shape index (κ3) is 3.26. The first-order valence-electron chi connectivity index (χ1n) is 7.29. The molecule has 0 amide bonds. The maximum absolute atomic E-state index is 4.56. The van der Waals surface area contributed by atoms with E-state index in [0.717, 1.165) is 11.4 Å². The van der Waals surface area contributed by atoms with Gasteiger partial charge in [-0.05, 0) is 42.0 Å². The molecule has 0 atom stereocenters. The maximum atomic E-state index is 4.56. The number of anilines is 1. The lowest BCUT2D eigenvalue weighted by atomic mass is 10.2. The van der Waals surface area contributed by atoms with E-state index in [1.54, 1.807) is 0 Å². The Morgan fingerprint density at radius 3 is 2.27 bits per heavy atom. The molecular weight excluding hydrogens is 270 g/mol. The first kappa shape index (κ1) is 14.1. The van der Waals surface area contributed by atoms with Crippen molar-refractivity contribution in [2.24, 2.45) is 0 Å². The molecule has 0 bridgehead atoms. The SMILES string of the molecule is CN(C)c1ccc(C=Cc2ccn(-c3ccccc3)n2)cc1. The van der Waals surface area contributed by atoms with E-state index in [-0.39, 0.29) is 0 Å². The van der Waals surface area contributed by atoms with Crippen LogP contribution >= 0.6 is 0 Å². The largest absolute Gasteiger partial charge is 0.378 e. The molecule has 0 aliphatic rings. The van der Waals surface area contributed by atoms with Crippen LogP contribution in [0.25, 0.3) is 17.8 Å². The highest BCUT2D eigenvalue weighted by atomic mass is 15.3. The summed E-state index contributed by atoms with van der Waals surface area (Å²) in [5.74, 6) is 0. The number of para-hydroxylation sites is 1. The number of hydrogen-bond donors (Lipinski definition) is 0. The third-order valence-corrected chi connectivity index (χ3v) is 3.49. The molecule has 0 saturated heterocycles. The zero-order valence-corrected chi connectivity index (χ0v) is 12.8. The van der Waals surface area contributed by atoms with Crippen LogP contribution in [0.15, 0.2) is 66.9 Å². The molecule has 22 heavy (non-hydrogen) atoms. The molecule has 0 spiro atoms. The molecule has 3 aromatic rings. The van der Waals surface area contributed by atoms with Crippen LogP contribution < -0.4 is 4.90 Å². The number of nitrogens with zero attached hydrogens (tertiary/aromatic N) is 3. The molecule has 3 rings (SSSR count). The fourth-order valence-electron chi connectivity index (χ4n) is 2.22. The van der Waals surface area contributed by atoms with Gasteiger partial charge in [-0.2, -0.15) is 5.10 Å². The minimum Gasteiger partial charge on any atom is -0.378 e. The summed E-state index contributed by atoms with van der Waals surface area (Å²) in [5, 5.41) is 4.56. The Bertz CT molecular complexity index is 753. The average molecular weight is 289 g/mol. The quantitative estimate of drug-likeness (QED) is 0.720. The van der Waals surface area contributed by atoms with Crippen molar-refractivity contribution in [3.05, 3.63) is 78.1 Å². The molecule has 0 radical (unpaired) electrons. The number of hydrogen-bond acceptors (Lipinski definition) is 2. The van der Waals surface area contributed by atoms with Gasteiger partial charge in [-0.25, -0.2) is 4.68 Å². The lowest BCUT2D eigenvalue weighted by Gasteiger charge is -2.11. The molecule has 3 nitrogen and oxygen atoms in total. The maximum Gasteiger partial charge on any atom is 0.0855 e. The Balaban J connectivity index is 1.74. The molecule has 0 aliphatic heterocycles. The Labute approximate surface area is 131 Å². The molecular formula is C19H19N3. The van der Waals surface area contributed by atoms with Crippen LogP contribution in [-0.4, -0.2) is 23.9 Å². The van der Waals surface area contributed by atoms with E-state index in [1.165, 1.54) is 11.3 Å². The molecule has 0 N–H and O–H groups in total. The van der Waals surface area contributed by atoms with Crippen LogP contribution in [0.4, 0.5) is 5.69 Å². The van der Waals surface area contributed by atoms with E-state index in [2.05, 4.69) is 40.3 Å². The standard InChI is InChI=1S/C19H19N3/c1-21(2)18-12-9-16(10-13-18)8-11-17-14-15-22(20-17)19-6-4-3-5-7-19/h3-15H,1-2H3. The smallest absolute Gasteiger partial charge is 0.0855 e. The second kappa shape index (κ2) is 6.31. The Morgan fingerprint density at radius 2 is 1.59 bits per heavy atom. The molecule has 1 aromatic heterocycles. The van der Waals surface area contributed by atoms with Gasteiger partial charge in [0, 0.05) is 26.0 Å². The number of benzene rings is 2. The van der Waals surface area contributed by atoms with Crippen molar-refractivity contribution in [1.82, 2.24) is 9.78 Å². The minimum absolute atomic E-state index is 0.945. The summed E-state index contributed by atoms with van der Waals surface area (Å²) < 4.78 is 1.88. The highest BCUT2D eigenvalue weighted by Gasteiger charge is 1.98. The summed E-state index contributed by atoms with van der Waals surface area (Å²) in [4.78, 5) is 2.09. The van der Waals surface area contributed by atoms with Gasteiger partial charge in [-0.1, -0.05) is 36.4 Å². The van der Waals surface area contributed by atoms with Crippen LogP contribution in [0.5, 0.6) is 0 Å². The predicted molar refractivity (Wildman–Crippen MR) is 93.3 cm³/mol. The molecule has 0 unspecified atom stereocenters. The van der Waals surface area contributed by atoms with Crippen molar-refractivity contribution in [3.8, 4) is 5.69 Å². The van der Waals surface area contributed by atoms with E-state index in [1.807, 2.05) is 67.4 Å². The van der Waals surface area contributed by atoms with Crippen molar-refractivity contribution in [3.63, 3.8) is 0 Å². The van der Waals surface area contributed by atoms with E-state index >= 15 is 0 Å². The van der Waals surface area contributed by atoms with Gasteiger partial charge in [0.25, 0.3) is 0 Å². The van der Waals surface area contributed by atoms with Gasteiger partial charge in [0.15, 0.2) is 0 Å². The van der Waals surface area contributed by atoms with Crippen molar-refractivity contribution in [1.29, 1.82) is 0 Å². The van der Waals surface area contributed by atoms with Gasteiger partial charge >= 0.3 is 0 Å². The molecule has 0 fully saturated rings. The number of rotatable bonds is 4. The van der Waals surface area contributed by atoms with Crippen LogP contribution in [0.2, 0.25) is 0 Å². The van der Waals surface area contributed by atoms with Crippen LogP contribution in [-0.2, 0) is 0 Å². The van der Waals surface area contributed by atoms with Crippen molar-refractivity contribution >= 4 is 17.8 Å². The van der Waals surface area contributed by atoms with Gasteiger partial charge < -0.3 is 4.90 Å². The van der Waals surface area contributed by atoms with E-state index in [4.69, 9.17) is 0 Å². The lowest BCUT2D eigenvalue weighted by molar-refractivity contribution is 0.876. The summed E-state index contributed by atoms with van der Waals surface area (Å²) in [6, 6.07) is 20.6. The zero-order chi connectivity index (χ0) is 15.4. The molecule has 110 valence electrons. The first-order valence-corrected chi connectivity index (χ1v) is 7.29. The second-order valence-corrected chi connectivity index (χ2v) is 5.34. The van der Waals surface area contributed by atoms with Crippen LogP contribution in [0.1, 0.15) is 11.3 Å². The highest BCUT2D eigenvalue weighted by Crippen LogP contribution is 2.14. The first-order chi connectivity index (χ1) is 10.7. The lowest BCUT2D eigenvalue weighted by Crippen LogP contribution is -2.07.